The molecule has 0 N–H and O–H groups in total. The Hall–Kier alpha value is 0.440. The van der Waals surface area contributed by atoms with Gasteiger partial charge in [0, 0.05) is 12.4 Å². The first-order chi connectivity index (χ1) is 8.64. The number of rotatable bonds is 5. The predicted octanol–water partition coefficient (Wildman–Crippen LogP) is 5.81. The van der Waals surface area contributed by atoms with Gasteiger partial charge < -0.3 is 4.74 Å². The molecule has 2 heteroatoms. The molecule has 0 unspecified atom stereocenters. The summed E-state index contributed by atoms with van der Waals surface area (Å²) in [5, 5.41) is 1.15. The van der Waals surface area contributed by atoms with Gasteiger partial charge in [0.15, 0.2) is 0 Å². The van der Waals surface area contributed by atoms with E-state index in [1.807, 2.05) is 7.11 Å². The third kappa shape index (κ3) is 5.04. The van der Waals surface area contributed by atoms with E-state index >= 15 is 0 Å². The summed E-state index contributed by atoms with van der Waals surface area (Å²) in [7, 11) is 1.83. The number of halogens is 1. The van der Waals surface area contributed by atoms with Crippen LogP contribution in [0.5, 0.6) is 0 Å². The van der Waals surface area contributed by atoms with Gasteiger partial charge in [-0.05, 0) is 69.1 Å². The Morgan fingerprint density at radius 1 is 1.11 bits per heavy atom. The van der Waals surface area contributed by atoms with E-state index in [4.69, 9.17) is 4.74 Å². The molecule has 0 aromatic rings. The summed E-state index contributed by atoms with van der Waals surface area (Å²) in [6, 6.07) is 0. The molecular weight excluding hydrogens is 300 g/mol. The Kier molecular flexibility index (Phi) is 5.96. The topological polar surface area (TPSA) is 9.23 Å². The third-order valence-electron chi connectivity index (χ3n) is 5.36. The zero-order valence-corrected chi connectivity index (χ0v) is 15.4. The Balaban J connectivity index is 2.56. The summed E-state index contributed by atoms with van der Waals surface area (Å²) in [5.41, 5.74) is 1.01. The van der Waals surface area contributed by atoms with Crippen LogP contribution < -0.4 is 0 Å². The minimum Gasteiger partial charge on any atom is -0.379 e. The van der Waals surface area contributed by atoms with Crippen LogP contribution in [0.1, 0.15) is 73.1 Å². The van der Waals surface area contributed by atoms with E-state index in [-0.39, 0.29) is 5.60 Å². The first-order valence-electron chi connectivity index (χ1n) is 7.75. The molecule has 1 aliphatic rings. The van der Waals surface area contributed by atoms with E-state index in [9.17, 15) is 0 Å². The van der Waals surface area contributed by atoms with Gasteiger partial charge in [0.25, 0.3) is 0 Å². The molecule has 0 spiro atoms. The van der Waals surface area contributed by atoms with E-state index in [0.29, 0.717) is 10.8 Å². The zero-order chi connectivity index (χ0) is 14.7. The molecule has 0 aromatic carbocycles. The standard InChI is InChI=1S/C17H33BrO/c1-15(2,3)14-7-9-17(13-18,10-8-14)12-11-16(4,5)19-6/h14H,7-13H2,1-6H3. The van der Waals surface area contributed by atoms with Crippen LogP contribution in [0.2, 0.25) is 0 Å². The lowest BCUT2D eigenvalue weighted by Crippen LogP contribution is -2.35. The highest BCUT2D eigenvalue weighted by Gasteiger charge is 2.38. The van der Waals surface area contributed by atoms with Crippen LogP contribution in [0.25, 0.3) is 0 Å². The predicted molar refractivity (Wildman–Crippen MR) is 88.0 cm³/mol. The van der Waals surface area contributed by atoms with E-state index < -0.39 is 0 Å². The van der Waals surface area contributed by atoms with Gasteiger partial charge in [-0.2, -0.15) is 0 Å². The molecule has 0 aromatic heterocycles. The molecule has 1 fully saturated rings. The summed E-state index contributed by atoms with van der Waals surface area (Å²) < 4.78 is 5.58. The van der Waals surface area contributed by atoms with E-state index in [0.717, 1.165) is 17.7 Å². The van der Waals surface area contributed by atoms with Crippen molar-refractivity contribution >= 4 is 15.9 Å². The number of methoxy groups -OCH3 is 1. The summed E-state index contributed by atoms with van der Waals surface area (Å²) in [4.78, 5) is 0. The van der Waals surface area contributed by atoms with Crippen LogP contribution in [-0.4, -0.2) is 18.0 Å². The summed E-state index contributed by atoms with van der Waals surface area (Å²) in [6.45, 7) is 11.6. The first-order valence-corrected chi connectivity index (χ1v) is 8.87. The lowest BCUT2D eigenvalue weighted by atomic mass is 9.63. The van der Waals surface area contributed by atoms with Gasteiger partial charge in [-0.15, -0.1) is 0 Å². The van der Waals surface area contributed by atoms with Gasteiger partial charge in [0.2, 0.25) is 0 Å². The fourth-order valence-electron chi connectivity index (χ4n) is 3.21. The molecule has 0 saturated heterocycles. The molecule has 1 nitrogen and oxygen atoms in total. The number of alkyl halides is 1. The largest absolute Gasteiger partial charge is 0.379 e. The maximum atomic E-state index is 5.58. The minimum absolute atomic E-state index is 0.0239. The summed E-state index contributed by atoms with van der Waals surface area (Å²) in [5.74, 6) is 0.898. The molecule has 1 rings (SSSR count). The molecule has 0 bridgehead atoms. The van der Waals surface area contributed by atoms with E-state index in [1.54, 1.807) is 0 Å². The second-order valence-corrected chi connectivity index (χ2v) is 8.80. The fraction of sp³-hybridized carbons (Fsp3) is 1.00. The van der Waals surface area contributed by atoms with Gasteiger partial charge in [0.1, 0.15) is 0 Å². The monoisotopic (exact) mass is 332 g/mol. The molecule has 0 radical (unpaired) electrons. The van der Waals surface area contributed by atoms with Crippen LogP contribution in [0.4, 0.5) is 0 Å². The van der Waals surface area contributed by atoms with Crippen LogP contribution in [-0.2, 0) is 4.74 Å². The third-order valence-corrected chi connectivity index (χ3v) is 6.55. The lowest BCUT2D eigenvalue weighted by Gasteiger charge is -2.44. The number of hydrogen-bond acceptors (Lipinski definition) is 1. The molecule has 1 saturated carbocycles. The van der Waals surface area contributed by atoms with Crippen molar-refractivity contribution in [2.75, 3.05) is 12.4 Å². The SMILES string of the molecule is COC(C)(C)CCC1(CBr)CCC(C(C)(C)C)CC1. The normalized spacial score (nSPS) is 29.5. The van der Waals surface area contributed by atoms with Gasteiger partial charge in [0.05, 0.1) is 5.60 Å². The maximum Gasteiger partial charge on any atom is 0.0623 e. The molecule has 0 heterocycles. The molecule has 1 aliphatic carbocycles. The minimum atomic E-state index is 0.0239. The highest BCUT2D eigenvalue weighted by Crippen LogP contribution is 2.49. The van der Waals surface area contributed by atoms with Crippen molar-refractivity contribution in [1.82, 2.24) is 0 Å². The number of ether oxygens (including phenoxy) is 1. The Morgan fingerprint density at radius 2 is 1.63 bits per heavy atom. The second-order valence-electron chi connectivity index (χ2n) is 8.24. The van der Waals surface area contributed by atoms with Crippen molar-refractivity contribution in [3.05, 3.63) is 0 Å². The van der Waals surface area contributed by atoms with Crippen molar-refractivity contribution < 1.29 is 4.74 Å². The molecule has 19 heavy (non-hydrogen) atoms. The first kappa shape index (κ1) is 17.5. The van der Waals surface area contributed by atoms with Crippen LogP contribution in [0, 0.1) is 16.7 Å². The Morgan fingerprint density at radius 3 is 2.00 bits per heavy atom. The van der Waals surface area contributed by atoms with Gasteiger partial charge in [-0.25, -0.2) is 0 Å². The average Bonchev–Trinajstić information content (AvgIpc) is 2.36. The van der Waals surface area contributed by atoms with Crippen molar-refractivity contribution in [2.24, 2.45) is 16.7 Å². The van der Waals surface area contributed by atoms with Crippen LogP contribution >= 0.6 is 15.9 Å². The van der Waals surface area contributed by atoms with Crippen molar-refractivity contribution in [2.45, 2.75) is 78.7 Å². The maximum absolute atomic E-state index is 5.58. The van der Waals surface area contributed by atoms with Crippen LogP contribution in [0.15, 0.2) is 0 Å². The zero-order valence-electron chi connectivity index (χ0n) is 13.8. The molecule has 114 valence electrons. The fourth-order valence-corrected chi connectivity index (χ4v) is 4.06. The average molecular weight is 333 g/mol. The van der Waals surface area contributed by atoms with Crippen molar-refractivity contribution in [1.29, 1.82) is 0 Å². The van der Waals surface area contributed by atoms with Gasteiger partial charge >= 0.3 is 0 Å². The van der Waals surface area contributed by atoms with E-state index in [2.05, 4.69) is 50.5 Å². The Labute approximate surface area is 129 Å². The molecule has 0 aliphatic heterocycles. The lowest BCUT2D eigenvalue weighted by molar-refractivity contribution is -0.00248. The highest BCUT2D eigenvalue weighted by atomic mass is 79.9. The molecular formula is C17H33BrO. The second kappa shape index (κ2) is 6.47. The van der Waals surface area contributed by atoms with E-state index in [1.165, 1.54) is 32.1 Å². The van der Waals surface area contributed by atoms with Crippen molar-refractivity contribution in [3.63, 3.8) is 0 Å². The molecule has 0 atom stereocenters. The summed E-state index contributed by atoms with van der Waals surface area (Å²) in [6.07, 6.45) is 7.98. The van der Waals surface area contributed by atoms with Gasteiger partial charge in [-0.3, -0.25) is 0 Å². The smallest absolute Gasteiger partial charge is 0.0623 e. The van der Waals surface area contributed by atoms with Crippen molar-refractivity contribution in [3.8, 4) is 0 Å². The number of hydrogen-bond donors (Lipinski definition) is 0. The quantitative estimate of drug-likeness (QED) is 0.577. The summed E-state index contributed by atoms with van der Waals surface area (Å²) >= 11 is 3.79. The Bertz CT molecular complexity index is 269. The molecule has 0 amide bonds. The van der Waals surface area contributed by atoms with Gasteiger partial charge in [-0.1, -0.05) is 36.7 Å². The highest BCUT2D eigenvalue weighted by molar-refractivity contribution is 9.09. The van der Waals surface area contributed by atoms with Crippen LogP contribution in [0.3, 0.4) is 0 Å².